The first-order chi connectivity index (χ1) is 8.47. The second-order valence-corrected chi connectivity index (χ2v) is 6.82. The first kappa shape index (κ1) is 13.4. The van der Waals surface area contributed by atoms with Crippen LogP contribution in [0.3, 0.4) is 0 Å². The third kappa shape index (κ3) is 3.23. The molecule has 0 bridgehead atoms. The first-order valence-corrected chi connectivity index (χ1v) is 8.02. The maximum Gasteiger partial charge on any atom is 0.264 e. The number of carbonyl (C=O) groups excluding carboxylic acids is 1. The van der Waals surface area contributed by atoms with Crippen LogP contribution in [0.25, 0.3) is 0 Å². The van der Waals surface area contributed by atoms with Gasteiger partial charge in [0.15, 0.2) is 0 Å². The molecule has 6 nitrogen and oxygen atoms in total. The fourth-order valence-electron chi connectivity index (χ4n) is 1.94. The third-order valence-corrected chi connectivity index (χ3v) is 4.21. The number of nitrogens with zero attached hydrogens (tertiary/aromatic N) is 3. The molecule has 0 spiro atoms. The van der Waals surface area contributed by atoms with Gasteiger partial charge >= 0.3 is 0 Å². The van der Waals surface area contributed by atoms with Gasteiger partial charge in [0, 0.05) is 30.0 Å². The lowest BCUT2D eigenvalue weighted by Crippen LogP contribution is -2.37. The van der Waals surface area contributed by atoms with E-state index in [4.69, 9.17) is 10.7 Å². The maximum atomic E-state index is 11.9. The number of hydrogen-bond donors (Lipinski definition) is 0. The van der Waals surface area contributed by atoms with Crippen molar-refractivity contribution in [3.63, 3.8) is 0 Å². The molecule has 1 aliphatic heterocycles. The second-order valence-electron chi connectivity index (χ2n) is 4.25. The Hall–Kier alpha value is -1.08. The van der Waals surface area contributed by atoms with E-state index in [1.54, 1.807) is 4.90 Å². The molecule has 2 rings (SSSR count). The molecule has 0 atom stereocenters. The number of piperidine rings is 1. The molecule has 1 aliphatic rings. The zero-order chi connectivity index (χ0) is 13.2. The van der Waals surface area contributed by atoms with Crippen molar-refractivity contribution in [1.29, 1.82) is 0 Å². The Kier molecular flexibility index (Phi) is 3.91. The molecule has 1 fully saturated rings. The van der Waals surface area contributed by atoms with E-state index in [-0.39, 0.29) is 17.3 Å². The van der Waals surface area contributed by atoms with Crippen LogP contribution in [0.5, 0.6) is 0 Å². The Morgan fingerprint density at radius 1 is 1.33 bits per heavy atom. The maximum absolute atomic E-state index is 11.9. The molecule has 0 unspecified atom stereocenters. The highest BCUT2D eigenvalue weighted by molar-refractivity contribution is 8.13. The molecule has 2 heterocycles. The molecule has 1 saturated heterocycles. The van der Waals surface area contributed by atoms with Crippen molar-refractivity contribution in [3.05, 3.63) is 12.4 Å². The van der Waals surface area contributed by atoms with Crippen molar-refractivity contribution in [2.45, 2.75) is 30.7 Å². The largest absolute Gasteiger partial charge is 0.341 e. The fourth-order valence-corrected chi connectivity index (χ4v) is 2.60. The van der Waals surface area contributed by atoms with Gasteiger partial charge in [-0.1, -0.05) is 0 Å². The topological polar surface area (TPSA) is 72.3 Å². The second kappa shape index (κ2) is 5.27. The first-order valence-electron chi connectivity index (χ1n) is 5.72. The van der Waals surface area contributed by atoms with Crippen LogP contribution in [-0.4, -0.2) is 42.1 Å². The molecule has 100 valence electrons. The predicted molar refractivity (Wildman–Crippen MR) is 65.7 cm³/mol. The number of amides is 1. The Labute approximate surface area is 110 Å². The lowest BCUT2D eigenvalue weighted by Gasteiger charge is -2.26. The molecule has 0 aliphatic carbocycles. The van der Waals surface area contributed by atoms with Gasteiger partial charge in [-0.25, -0.2) is 8.42 Å². The third-order valence-electron chi connectivity index (χ3n) is 2.90. The molecule has 1 aromatic heterocycles. The summed E-state index contributed by atoms with van der Waals surface area (Å²) in [5.74, 6) is -0.0451. The van der Waals surface area contributed by atoms with Gasteiger partial charge in [-0.3, -0.25) is 9.48 Å². The van der Waals surface area contributed by atoms with Crippen LogP contribution in [-0.2, 0) is 20.4 Å². The summed E-state index contributed by atoms with van der Waals surface area (Å²) >= 11 is 0. The van der Waals surface area contributed by atoms with Gasteiger partial charge in [-0.2, -0.15) is 5.10 Å². The van der Waals surface area contributed by atoms with Gasteiger partial charge in [-0.05, 0) is 19.3 Å². The summed E-state index contributed by atoms with van der Waals surface area (Å²) < 4.78 is 23.4. The van der Waals surface area contributed by atoms with Gasteiger partial charge in [0.05, 0.1) is 6.20 Å². The number of halogens is 1. The SMILES string of the molecule is O=C(Cn1cc(S(=O)(=O)Cl)cn1)N1CCCCC1. The number of carbonyl (C=O) groups is 1. The number of rotatable bonds is 3. The summed E-state index contributed by atoms with van der Waals surface area (Å²) in [4.78, 5) is 13.6. The Balaban J connectivity index is 2.01. The van der Waals surface area contributed by atoms with E-state index >= 15 is 0 Å². The molecule has 18 heavy (non-hydrogen) atoms. The minimum Gasteiger partial charge on any atom is -0.341 e. The van der Waals surface area contributed by atoms with E-state index in [1.165, 1.54) is 10.9 Å². The molecule has 0 aromatic carbocycles. The summed E-state index contributed by atoms with van der Waals surface area (Å²) in [6.07, 6.45) is 5.61. The van der Waals surface area contributed by atoms with Crippen LogP contribution in [0.2, 0.25) is 0 Å². The standard InChI is InChI=1S/C10H14ClN3O3S/c11-18(16,17)9-6-12-14(7-9)8-10(15)13-4-2-1-3-5-13/h6-7H,1-5,8H2. The van der Waals surface area contributed by atoms with E-state index in [0.29, 0.717) is 0 Å². The van der Waals surface area contributed by atoms with Crippen molar-refractivity contribution in [3.8, 4) is 0 Å². The quantitative estimate of drug-likeness (QED) is 0.773. The van der Waals surface area contributed by atoms with E-state index in [2.05, 4.69) is 5.10 Å². The molecule has 0 saturated carbocycles. The van der Waals surface area contributed by atoms with Gasteiger partial charge in [0.2, 0.25) is 5.91 Å². The highest BCUT2D eigenvalue weighted by Crippen LogP contribution is 2.14. The Morgan fingerprint density at radius 3 is 2.56 bits per heavy atom. The fraction of sp³-hybridized carbons (Fsp3) is 0.600. The van der Waals surface area contributed by atoms with Crippen LogP contribution < -0.4 is 0 Å². The average molecular weight is 292 g/mol. The van der Waals surface area contributed by atoms with Crippen LogP contribution in [0.1, 0.15) is 19.3 Å². The predicted octanol–water partition coefficient (Wildman–Crippen LogP) is 0.823. The van der Waals surface area contributed by atoms with Crippen LogP contribution in [0, 0.1) is 0 Å². The van der Waals surface area contributed by atoms with Crippen molar-refractivity contribution in [2.75, 3.05) is 13.1 Å². The van der Waals surface area contributed by atoms with Crippen molar-refractivity contribution >= 4 is 25.6 Å². The van der Waals surface area contributed by atoms with Crippen molar-refractivity contribution < 1.29 is 13.2 Å². The van der Waals surface area contributed by atoms with Crippen LogP contribution in [0.15, 0.2) is 17.3 Å². The van der Waals surface area contributed by atoms with Crippen LogP contribution >= 0.6 is 10.7 Å². The van der Waals surface area contributed by atoms with Crippen LogP contribution in [0.4, 0.5) is 0 Å². The van der Waals surface area contributed by atoms with Gasteiger partial charge in [0.1, 0.15) is 11.4 Å². The van der Waals surface area contributed by atoms with Gasteiger partial charge in [-0.15, -0.1) is 0 Å². The Bertz CT molecular complexity index is 534. The van der Waals surface area contributed by atoms with E-state index in [0.717, 1.165) is 38.5 Å². The average Bonchev–Trinajstić information content (AvgIpc) is 2.78. The normalized spacial score (nSPS) is 16.8. The molecule has 1 aromatic rings. The summed E-state index contributed by atoms with van der Waals surface area (Å²) in [6, 6.07) is 0. The zero-order valence-electron chi connectivity index (χ0n) is 9.75. The van der Waals surface area contributed by atoms with Gasteiger partial charge < -0.3 is 4.90 Å². The molecular weight excluding hydrogens is 278 g/mol. The van der Waals surface area contributed by atoms with Crippen molar-refractivity contribution in [2.24, 2.45) is 0 Å². The Morgan fingerprint density at radius 2 is 2.00 bits per heavy atom. The number of aromatic nitrogens is 2. The smallest absolute Gasteiger partial charge is 0.264 e. The minimum atomic E-state index is -3.78. The highest BCUT2D eigenvalue weighted by atomic mass is 35.7. The molecule has 8 heteroatoms. The molecular formula is C10H14ClN3O3S. The van der Waals surface area contributed by atoms with E-state index in [1.807, 2.05) is 0 Å². The van der Waals surface area contributed by atoms with Crippen molar-refractivity contribution in [1.82, 2.24) is 14.7 Å². The lowest BCUT2D eigenvalue weighted by atomic mass is 10.1. The molecule has 0 radical (unpaired) electrons. The van der Waals surface area contributed by atoms with Gasteiger partial charge in [0.25, 0.3) is 9.05 Å². The summed E-state index contributed by atoms with van der Waals surface area (Å²) in [5.41, 5.74) is 0. The summed E-state index contributed by atoms with van der Waals surface area (Å²) in [5, 5.41) is 3.82. The monoisotopic (exact) mass is 291 g/mol. The number of likely N-dealkylation sites (tertiary alicyclic amines) is 1. The number of hydrogen-bond acceptors (Lipinski definition) is 4. The summed E-state index contributed by atoms with van der Waals surface area (Å²) in [6.45, 7) is 1.58. The molecule has 1 amide bonds. The zero-order valence-corrected chi connectivity index (χ0v) is 11.3. The van der Waals surface area contributed by atoms with E-state index in [9.17, 15) is 13.2 Å². The van der Waals surface area contributed by atoms with E-state index < -0.39 is 9.05 Å². The highest BCUT2D eigenvalue weighted by Gasteiger charge is 2.18. The molecule has 0 N–H and O–H groups in total. The summed E-state index contributed by atoms with van der Waals surface area (Å²) in [7, 11) is 1.40. The minimum absolute atomic E-state index is 0.0451. The lowest BCUT2D eigenvalue weighted by molar-refractivity contribution is -0.132.